The first-order valence-corrected chi connectivity index (χ1v) is 7.32. The molecule has 0 aliphatic carbocycles. The summed E-state index contributed by atoms with van der Waals surface area (Å²) in [6.07, 6.45) is 1.08. The molecule has 2 N–H and O–H groups in total. The number of nitrogens with zero attached hydrogens (tertiary/aromatic N) is 1. The van der Waals surface area contributed by atoms with Gasteiger partial charge in [-0.05, 0) is 25.1 Å². The monoisotopic (exact) mass is 252 g/mol. The molecule has 1 aromatic carbocycles. The van der Waals surface area contributed by atoms with Gasteiger partial charge >= 0.3 is 0 Å². The molecule has 1 heterocycles. The van der Waals surface area contributed by atoms with E-state index in [2.05, 4.69) is 30.1 Å². The topological polar surface area (TPSA) is 38.9 Å². The number of nitrogens with two attached hydrogens (primary N) is 1. The normalized spacial score (nSPS) is 13.1. The van der Waals surface area contributed by atoms with Gasteiger partial charge in [0, 0.05) is 11.0 Å². The lowest BCUT2D eigenvalue weighted by Crippen LogP contribution is -2.07. The molecule has 0 saturated heterocycles. The highest BCUT2D eigenvalue weighted by atomic mass is 32.2. The SMILES string of the molecule is CC(CCN)SCc1nc2ccccc2s1. The Kier molecular flexibility index (Phi) is 4.21. The number of fused-ring (bicyclic) bond motifs is 1. The summed E-state index contributed by atoms with van der Waals surface area (Å²) in [6, 6.07) is 8.30. The van der Waals surface area contributed by atoms with Crippen LogP contribution in [0.5, 0.6) is 0 Å². The van der Waals surface area contributed by atoms with Crippen LogP contribution in [-0.4, -0.2) is 16.8 Å². The molecular weight excluding hydrogens is 236 g/mol. The quantitative estimate of drug-likeness (QED) is 0.887. The van der Waals surface area contributed by atoms with E-state index < -0.39 is 0 Å². The maximum Gasteiger partial charge on any atom is 0.104 e. The zero-order valence-electron chi connectivity index (χ0n) is 9.35. The van der Waals surface area contributed by atoms with Crippen molar-refractivity contribution in [3.63, 3.8) is 0 Å². The number of hydrogen-bond acceptors (Lipinski definition) is 4. The lowest BCUT2D eigenvalue weighted by molar-refractivity contribution is 0.823. The molecule has 0 fully saturated rings. The number of para-hydroxylation sites is 1. The molecule has 2 nitrogen and oxygen atoms in total. The Morgan fingerprint density at radius 3 is 3.00 bits per heavy atom. The van der Waals surface area contributed by atoms with Crippen LogP contribution >= 0.6 is 23.1 Å². The van der Waals surface area contributed by atoms with E-state index in [4.69, 9.17) is 5.73 Å². The Hall–Kier alpha value is -0.580. The van der Waals surface area contributed by atoms with Gasteiger partial charge in [0.1, 0.15) is 5.01 Å². The van der Waals surface area contributed by atoms with Gasteiger partial charge in [-0.15, -0.1) is 11.3 Å². The standard InChI is InChI=1S/C12H16N2S2/c1-9(6-7-13)15-8-12-14-10-4-2-3-5-11(10)16-12/h2-5,9H,6-8,13H2,1H3. The lowest BCUT2D eigenvalue weighted by atomic mass is 10.3. The van der Waals surface area contributed by atoms with Crippen LogP contribution in [0.2, 0.25) is 0 Å². The molecule has 0 aliphatic heterocycles. The van der Waals surface area contributed by atoms with Crippen LogP contribution in [0.4, 0.5) is 0 Å². The minimum atomic E-state index is 0.622. The highest BCUT2D eigenvalue weighted by molar-refractivity contribution is 7.99. The summed E-state index contributed by atoms with van der Waals surface area (Å²) in [7, 11) is 0. The van der Waals surface area contributed by atoms with Crippen LogP contribution in [-0.2, 0) is 5.75 Å². The number of aromatic nitrogens is 1. The molecular formula is C12H16N2S2. The van der Waals surface area contributed by atoms with Gasteiger partial charge in [0.2, 0.25) is 0 Å². The summed E-state index contributed by atoms with van der Waals surface area (Å²) < 4.78 is 1.28. The summed E-state index contributed by atoms with van der Waals surface area (Å²) in [5.41, 5.74) is 6.65. The first-order chi connectivity index (χ1) is 7.79. The second kappa shape index (κ2) is 5.66. The molecule has 0 amide bonds. The average Bonchev–Trinajstić information content (AvgIpc) is 2.69. The van der Waals surface area contributed by atoms with E-state index in [1.54, 1.807) is 11.3 Å². The van der Waals surface area contributed by atoms with Crippen molar-refractivity contribution in [2.75, 3.05) is 6.54 Å². The largest absolute Gasteiger partial charge is 0.330 e. The second-order valence-electron chi connectivity index (χ2n) is 3.77. The fourth-order valence-corrected chi connectivity index (χ4v) is 3.51. The zero-order valence-corrected chi connectivity index (χ0v) is 11.0. The molecule has 4 heteroatoms. The van der Waals surface area contributed by atoms with E-state index in [1.165, 1.54) is 9.71 Å². The molecule has 1 atom stereocenters. The molecule has 0 aliphatic rings. The van der Waals surface area contributed by atoms with E-state index >= 15 is 0 Å². The predicted octanol–water partition coefficient (Wildman–Crippen LogP) is 3.27. The molecule has 2 rings (SSSR count). The van der Waals surface area contributed by atoms with Crippen LogP contribution in [0.3, 0.4) is 0 Å². The molecule has 86 valence electrons. The van der Waals surface area contributed by atoms with Crippen molar-refractivity contribution in [1.29, 1.82) is 0 Å². The Morgan fingerprint density at radius 1 is 1.44 bits per heavy atom. The number of benzene rings is 1. The van der Waals surface area contributed by atoms with Crippen LogP contribution in [0.15, 0.2) is 24.3 Å². The summed E-state index contributed by atoms with van der Waals surface area (Å²) in [5, 5.41) is 1.84. The summed E-state index contributed by atoms with van der Waals surface area (Å²) >= 11 is 3.73. The lowest BCUT2D eigenvalue weighted by Gasteiger charge is -2.07. The summed E-state index contributed by atoms with van der Waals surface area (Å²) in [4.78, 5) is 4.61. The maximum atomic E-state index is 5.53. The van der Waals surface area contributed by atoms with Crippen LogP contribution in [0.1, 0.15) is 18.4 Å². The Balaban J connectivity index is 1.99. The summed E-state index contributed by atoms with van der Waals surface area (Å²) in [6.45, 7) is 3.00. The Labute approximate surface area is 104 Å². The molecule has 1 unspecified atom stereocenters. The van der Waals surface area contributed by atoms with Crippen molar-refractivity contribution >= 4 is 33.3 Å². The van der Waals surface area contributed by atoms with Crippen LogP contribution in [0.25, 0.3) is 10.2 Å². The smallest absolute Gasteiger partial charge is 0.104 e. The van der Waals surface area contributed by atoms with Crippen molar-refractivity contribution in [1.82, 2.24) is 4.98 Å². The number of thiazole rings is 1. The number of hydrogen-bond donors (Lipinski definition) is 1. The fourth-order valence-electron chi connectivity index (χ4n) is 1.51. The molecule has 16 heavy (non-hydrogen) atoms. The minimum Gasteiger partial charge on any atom is -0.330 e. The van der Waals surface area contributed by atoms with E-state index in [-0.39, 0.29) is 0 Å². The highest BCUT2D eigenvalue weighted by Gasteiger charge is 2.06. The molecule has 0 bridgehead atoms. The van der Waals surface area contributed by atoms with Gasteiger partial charge < -0.3 is 5.73 Å². The van der Waals surface area contributed by atoms with Gasteiger partial charge in [-0.1, -0.05) is 19.1 Å². The Morgan fingerprint density at radius 2 is 2.25 bits per heavy atom. The number of rotatable bonds is 5. The predicted molar refractivity (Wildman–Crippen MR) is 74.0 cm³/mol. The van der Waals surface area contributed by atoms with Crippen LogP contribution < -0.4 is 5.73 Å². The van der Waals surface area contributed by atoms with Gasteiger partial charge in [-0.25, -0.2) is 4.98 Å². The van der Waals surface area contributed by atoms with Crippen molar-refractivity contribution < 1.29 is 0 Å². The summed E-state index contributed by atoms with van der Waals surface area (Å²) in [5.74, 6) is 1.00. The second-order valence-corrected chi connectivity index (χ2v) is 6.32. The van der Waals surface area contributed by atoms with Crippen molar-refractivity contribution in [3.8, 4) is 0 Å². The van der Waals surface area contributed by atoms with Gasteiger partial charge in [-0.2, -0.15) is 11.8 Å². The molecule has 1 aromatic heterocycles. The van der Waals surface area contributed by atoms with Gasteiger partial charge in [0.05, 0.1) is 10.2 Å². The van der Waals surface area contributed by atoms with Gasteiger partial charge in [-0.3, -0.25) is 0 Å². The Bertz CT molecular complexity index is 420. The third kappa shape index (κ3) is 2.97. The van der Waals surface area contributed by atoms with Crippen LogP contribution in [0, 0.1) is 0 Å². The minimum absolute atomic E-state index is 0.622. The van der Waals surface area contributed by atoms with E-state index in [0.717, 1.165) is 24.2 Å². The van der Waals surface area contributed by atoms with Crippen molar-refractivity contribution in [3.05, 3.63) is 29.3 Å². The third-order valence-electron chi connectivity index (χ3n) is 2.40. The van der Waals surface area contributed by atoms with E-state index in [9.17, 15) is 0 Å². The molecule has 0 spiro atoms. The van der Waals surface area contributed by atoms with Crippen molar-refractivity contribution in [2.45, 2.75) is 24.3 Å². The number of thioether (sulfide) groups is 1. The fraction of sp³-hybridized carbons (Fsp3) is 0.417. The van der Waals surface area contributed by atoms with Crippen molar-refractivity contribution in [2.24, 2.45) is 5.73 Å². The van der Waals surface area contributed by atoms with E-state index in [0.29, 0.717) is 5.25 Å². The first-order valence-electron chi connectivity index (χ1n) is 5.45. The van der Waals surface area contributed by atoms with Gasteiger partial charge in [0.25, 0.3) is 0 Å². The van der Waals surface area contributed by atoms with Gasteiger partial charge in [0.15, 0.2) is 0 Å². The average molecular weight is 252 g/mol. The first kappa shape index (κ1) is 11.9. The molecule has 0 radical (unpaired) electrons. The zero-order chi connectivity index (χ0) is 11.4. The highest BCUT2D eigenvalue weighted by Crippen LogP contribution is 2.26. The molecule has 2 aromatic rings. The maximum absolute atomic E-state index is 5.53. The van der Waals surface area contributed by atoms with E-state index in [1.807, 2.05) is 17.8 Å². The third-order valence-corrected chi connectivity index (χ3v) is 4.87. The molecule has 0 saturated carbocycles.